The number of hydrogen-bond donors (Lipinski definition) is 1. The van der Waals surface area contributed by atoms with Crippen LogP contribution >= 0.6 is 0 Å². The summed E-state index contributed by atoms with van der Waals surface area (Å²) in [6.07, 6.45) is 0.796. The Bertz CT molecular complexity index is 611. The number of ether oxygens (including phenoxy) is 1. The summed E-state index contributed by atoms with van der Waals surface area (Å²) in [4.78, 5) is 12.1. The summed E-state index contributed by atoms with van der Waals surface area (Å²) < 4.78 is 30.7. The standard InChI is InChI=1S/C14H22N2O4S/c1-6-10(2)15-14(17)11-7-8-12(20-5)13(9-11)21(18,19)16(3)4/h7-10H,6H2,1-5H3,(H,15,17). The van der Waals surface area contributed by atoms with Gasteiger partial charge >= 0.3 is 0 Å². The predicted molar refractivity (Wildman–Crippen MR) is 81.1 cm³/mol. The molecule has 1 N–H and O–H groups in total. The van der Waals surface area contributed by atoms with Crippen LogP contribution in [0.25, 0.3) is 0 Å². The highest BCUT2D eigenvalue weighted by atomic mass is 32.2. The molecule has 1 rings (SSSR count). The minimum Gasteiger partial charge on any atom is -0.495 e. The molecule has 0 saturated carbocycles. The summed E-state index contributed by atoms with van der Waals surface area (Å²) in [5.41, 5.74) is 0.288. The molecule has 0 spiro atoms. The van der Waals surface area contributed by atoms with Crippen molar-refractivity contribution in [3.63, 3.8) is 0 Å². The zero-order chi connectivity index (χ0) is 16.2. The molecule has 6 nitrogen and oxygen atoms in total. The van der Waals surface area contributed by atoms with Crippen molar-refractivity contribution in [2.75, 3.05) is 21.2 Å². The fourth-order valence-corrected chi connectivity index (χ4v) is 2.70. The predicted octanol–water partition coefficient (Wildman–Crippen LogP) is 1.47. The van der Waals surface area contributed by atoms with Gasteiger partial charge in [0.2, 0.25) is 10.0 Å². The van der Waals surface area contributed by atoms with E-state index in [9.17, 15) is 13.2 Å². The molecule has 0 heterocycles. The van der Waals surface area contributed by atoms with Crippen LogP contribution in [0.5, 0.6) is 5.75 Å². The average molecular weight is 314 g/mol. The van der Waals surface area contributed by atoms with Gasteiger partial charge in [-0.15, -0.1) is 0 Å². The van der Waals surface area contributed by atoms with Crippen LogP contribution in [0.4, 0.5) is 0 Å². The van der Waals surface area contributed by atoms with E-state index < -0.39 is 10.0 Å². The van der Waals surface area contributed by atoms with E-state index >= 15 is 0 Å². The maximum Gasteiger partial charge on any atom is 0.251 e. The number of methoxy groups -OCH3 is 1. The zero-order valence-electron chi connectivity index (χ0n) is 13.0. The number of nitrogens with zero attached hydrogens (tertiary/aromatic N) is 1. The largest absolute Gasteiger partial charge is 0.495 e. The molecule has 21 heavy (non-hydrogen) atoms. The molecule has 1 aromatic carbocycles. The molecular formula is C14H22N2O4S. The van der Waals surface area contributed by atoms with Gasteiger partial charge in [0.15, 0.2) is 0 Å². The van der Waals surface area contributed by atoms with E-state index in [0.29, 0.717) is 0 Å². The third-order valence-corrected chi connectivity index (χ3v) is 5.01. The Morgan fingerprint density at radius 3 is 2.48 bits per heavy atom. The van der Waals surface area contributed by atoms with Gasteiger partial charge in [0, 0.05) is 25.7 Å². The molecule has 1 unspecified atom stereocenters. The van der Waals surface area contributed by atoms with Crippen LogP contribution in [0.3, 0.4) is 0 Å². The first-order valence-electron chi connectivity index (χ1n) is 6.65. The molecule has 118 valence electrons. The van der Waals surface area contributed by atoms with Gasteiger partial charge in [0.25, 0.3) is 5.91 Å². The van der Waals surface area contributed by atoms with E-state index in [0.717, 1.165) is 10.7 Å². The van der Waals surface area contributed by atoms with Crippen LogP contribution < -0.4 is 10.1 Å². The highest BCUT2D eigenvalue weighted by Gasteiger charge is 2.24. The van der Waals surface area contributed by atoms with Crippen LogP contribution in [0.15, 0.2) is 23.1 Å². The number of carbonyl (C=O) groups is 1. The van der Waals surface area contributed by atoms with Crippen LogP contribution in [0.2, 0.25) is 0 Å². The highest BCUT2D eigenvalue weighted by molar-refractivity contribution is 7.89. The third-order valence-electron chi connectivity index (χ3n) is 3.17. The van der Waals surface area contributed by atoms with E-state index in [1.54, 1.807) is 6.07 Å². The van der Waals surface area contributed by atoms with Crippen molar-refractivity contribution in [3.05, 3.63) is 23.8 Å². The number of benzene rings is 1. The summed E-state index contributed by atoms with van der Waals surface area (Å²) >= 11 is 0. The van der Waals surface area contributed by atoms with Crippen molar-refractivity contribution in [1.82, 2.24) is 9.62 Å². The van der Waals surface area contributed by atoms with Crippen molar-refractivity contribution in [1.29, 1.82) is 0 Å². The van der Waals surface area contributed by atoms with Crippen molar-refractivity contribution < 1.29 is 17.9 Å². The van der Waals surface area contributed by atoms with Crippen LogP contribution in [-0.2, 0) is 10.0 Å². The molecule has 1 atom stereocenters. The first kappa shape index (κ1) is 17.5. The average Bonchev–Trinajstić information content (AvgIpc) is 2.45. The summed E-state index contributed by atoms with van der Waals surface area (Å²) in [5, 5.41) is 2.80. The molecule has 0 aliphatic rings. The first-order chi connectivity index (χ1) is 9.73. The van der Waals surface area contributed by atoms with E-state index in [1.807, 2.05) is 13.8 Å². The Labute approximate surface area is 126 Å². The van der Waals surface area contributed by atoms with Gasteiger partial charge in [-0.1, -0.05) is 6.92 Å². The van der Waals surface area contributed by atoms with Gasteiger partial charge in [-0.05, 0) is 31.5 Å². The number of nitrogens with one attached hydrogen (secondary N) is 1. The van der Waals surface area contributed by atoms with E-state index in [4.69, 9.17) is 4.74 Å². The summed E-state index contributed by atoms with van der Waals surface area (Å²) in [7, 11) is 0.573. The molecule has 0 saturated heterocycles. The molecule has 0 radical (unpaired) electrons. The monoisotopic (exact) mass is 314 g/mol. The Morgan fingerprint density at radius 1 is 1.38 bits per heavy atom. The lowest BCUT2D eigenvalue weighted by molar-refractivity contribution is 0.0939. The number of amides is 1. The molecule has 0 bridgehead atoms. The van der Waals surface area contributed by atoms with Crippen LogP contribution in [0, 0.1) is 0 Å². The normalized spacial score (nSPS) is 13.0. The number of hydrogen-bond acceptors (Lipinski definition) is 4. The van der Waals surface area contributed by atoms with Crippen molar-refractivity contribution in [2.45, 2.75) is 31.2 Å². The fraction of sp³-hybridized carbons (Fsp3) is 0.500. The minimum atomic E-state index is -3.68. The van der Waals surface area contributed by atoms with Crippen LogP contribution in [0.1, 0.15) is 30.6 Å². The molecule has 0 aliphatic heterocycles. The Hall–Kier alpha value is -1.60. The zero-order valence-corrected chi connectivity index (χ0v) is 13.8. The number of sulfonamides is 1. The van der Waals surface area contributed by atoms with Crippen molar-refractivity contribution in [2.24, 2.45) is 0 Å². The molecule has 0 fully saturated rings. The number of rotatable bonds is 6. The second-order valence-corrected chi connectivity index (χ2v) is 7.06. The van der Waals surface area contributed by atoms with Gasteiger partial charge < -0.3 is 10.1 Å². The molecule has 0 aromatic heterocycles. The maximum absolute atomic E-state index is 12.3. The molecule has 1 amide bonds. The van der Waals surface area contributed by atoms with Gasteiger partial charge in [-0.2, -0.15) is 0 Å². The number of carbonyl (C=O) groups excluding carboxylic acids is 1. The van der Waals surface area contributed by atoms with Gasteiger partial charge in [0.1, 0.15) is 10.6 Å². The Balaban J connectivity index is 3.26. The van der Waals surface area contributed by atoms with E-state index in [2.05, 4.69) is 5.32 Å². The summed E-state index contributed by atoms with van der Waals surface area (Å²) in [6.45, 7) is 3.85. The highest BCUT2D eigenvalue weighted by Crippen LogP contribution is 2.26. The van der Waals surface area contributed by atoms with E-state index in [1.165, 1.54) is 33.3 Å². The lowest BCUT2D eigenvalue weighted by Gasteiger charge is -2.16. The fourth-order valence-electron chi connectivity index (χ4n) is 1.63. The van der Waals surface area contributed by atoms with Crippen LogP contribution in [-0.4, -0.2) is 45.9 Å². The summed E-state index contributed by atoms with van der Waals surface area (Å²) in [5.74, 6) is -0.0917. The topological polar surface area (TPSA) is 75.7 Å². The second kappa shape index (κ2) is 6.91. The minimum absolute atomic E-state index is 0.0215. The van der Waals surface area contributed by atoms with Gasteiger partial charge in [-0.3, -0.25) is 4.79 Å². The lowest BCUT2D eigenvalue weighted by Crippen LogP contribution is -2.32. The second-order valence-electron chi connectivity index (χ2n) is 4.94. The van der Waals surface area contributed by atoms with Crippen molar-refractivity contribution in [3.8, 4) is 5.75 Å². The third kappa shape index (κ3) is 3.95. The first-order valence-corrected chi connectivity index (χ1v) is 8.09. The Morgan fingerprint density at radius 2 is 2.00 bits per heavy atom. The molecule has 0 aliphatic carbocycles. The van der Waals surface area contributed by atoms with Gasteiger partial charge in [-0.25, -0.2) is 12.7 Å². The molecule has 1 aromatic rings. The quantitative estimate of drug-likeness (QED) is 0.863. The SMILES string of the molecule is CCC(C)NC(=O)c1ccc(OC)c(S(=O)(=O)N(C)C)c1. The summed E-state index contributed by atoms with van der Waals surface area (Å²) in [6, 6.07) is 4.40. The smallest absolute Gasteiger partial charge is 0.251 e. The van der Waals surface area contributed by atoms with E-state index in [-0.39, 0.29) is 28.2 Å². The van der Waals surface area contributed by atoms with Gasteiger partial charge in [0.05, 0.1) is 7.11 Å². The molecular weight excluding hydrogens is 292 g/mol. The Kier molecular flexibility index (Phi) is 5.74. The van der Waals surface area contributed by atoms with Crippen molar-refractivity contribution >= 4 is 15.9 Å². The molecule has 7 heteroatoms. The maximum atomic E-state index is 12.3. The lowest BCUT2D eigenvalue weighted by atomic mass is 10.2.